The number of hydrogen-bond donors (Lipinski definition) is 1. The van der Waals surface area contributed by atoms with E-state index in [2.05, 4.69) is 10.1 Å². The molecule has 0 saturated heterocycles. The van der Waals surface area contributed by atoms with Crippen LogP contribution in [0.4, 0.5) is 0 Å². The molecule has 2 unspecified atom stereocenters. The zero-order valence-electron chi connectivity index (χ0n) is 11.1. The minimum Gasteiger partial charge on any atom is -0.481 e. The van der Waals surface area contributed by atoms with E-state index in [1.165, 1.54) is 6.33 Å². The summed E-state index contributed by atoms with van der Waals surface area (Å²) in [5, 5.41) is 15.0. The summed E-state index contributed by atoms with van der Waals surface area (Å²) < 4.78 is 7.49. The van der Waals surface area contributed by atoms with Gasteiger partial charge in [0.15, 0.2) is 5.60 Å². The Morgan fingerprint density at radius 1 is 1.45 bits per heavy atom. The molecule has 0 saturated carbocycles. The standard InChI is InChI=1S/C13H15Cl2N3O2/c1-9(19)13(2,6-18-8-16-7-17-18)20-12-4-3-10(14)5-11(12)15/h3-5,7-9,19H,6H2,1-2H3. The number of halogens is 2. The lowest BCUT2D eigenvalue weighted by Gasteiger charge is -2.33. The second-order valence-corrected chi connectivity index (χ2v) is 5.60. The molecule has 2 rings (SSSR count). The molecular weight excluding hydrogens is 301 g/mol. The molecule has 1 aromatic heterocycles. The first-order valence-electron chi connectivity index (χ1n) is 6.05. The first-order valence-corrected chi connectivity index (χ1v) is 6.81. The topological polar surface area (TPSA) is 60.2 Å². The second kappa shape index (κ2) is 5.99. The molecule has 0 aliphatic carbocycles. The fourth-order valence-corrected chi connectivity index (χ4v) is 2.14. The number of benzene rings is 1. The molecule has 1 N–H and O–H groups in total. The number of nitrogens with zero attached hydrogens (tertiary/aromatic N) is 3. The van der Waals surface area contributed by atoms with Gasteiger partial charge in [-0.1, -0.05) is 23.2 Å². The molecule has 1 heterocycles. The highest BCUT2D eigenvalue weighted by molar-refractivity contribution is 6.35. The lowest BCUT2D eigenvalue weighted by Crippen LogP contribution is -2.47. The van der Waals surface area contributed by atoms with Crippen molar-refractivity contribution in [3.63, 3.8) is 0 Å². The van der Waals surface area contributed by atoms with Gasteiger partial charge in [-0.2, -0.15) is 5.10 Å². The van der Waals surface area contributed by atoms with Gasteiger partial charge in [0.2, 0.25) is 0 Å². The zero-order valence-corrected chi connectivity index (χ0v) is 12.6. The van der Waals surface area contributed by atoms with E-state index in [4.69, 9.17) is 27.9 Å². The van der Waals surface area contributed by atoms with Crippen LogP contribution in [0, 0.1) is 0 Å². The van der Waals surface area contributed by atoms with E-state index in [1.807, 2.05) is 0 Å². The van der Waals surface area contributed by atoms with Crippen LogP contribution in [0.1, 0.15) is 13.8 Å². The fourth-order valence-electron chi connectivity index (χ4n) is 1.69. The van der Waals surface area contributed by atoms with Crippen LogP contribution >= 0.6 is 23.2 Å². The van der Waals surface area contributed by atoms with Crippen LogP contribution in [0.2, 0.25) is 10.0 Å². The van der Waals surface area contributed by atoms with Crippen LogP contribution in [0.25, 0.3) is 0 Å². The summed E-state index contributed by atoms with van der Waals surface area (Å²) in [6.07, 6.45) is 2.25. The Hall–Kier alpha value is -1.30. The number of aromatic nitrogens is 3. The van der Waals surface area contributed by atoms with E-state index in [1.54, 1.807) is 43.1 Å². The average molecular weight is 316 g/mol. The number of ether oxygens (including phenoxy) is 1. The maximum atomic E-state index is 10.0. The van der Waals surface area contributed by atoms with Crippen molar-refractivity contribution in [1.82, 2.24) is 14.8 Å². The molecule has 108 valence electrons. The molecule has 2 aromatic rings. The third-order valence-corrected chi connectivity index (χ3v) is 3.59. The number of hydrogen-bond acceptors (Lipinski definition) is 4. The smallest absolute Gasteiger partial charge is 0.151 e. The predicted octanol–water partition coefficient (Wildman–Crippen LogP) is 2.80. The molecular formula is C13H15Cl2N3O2. The van der Waals surface area contributed by atoms with E-state index in [9.17, 15) is 5.11 Å². The summed E-state index contributed by atoms with van der Waals surface area (Å²) in [6.45, 7) is 3.77. The quantitative estimate of drug-likeness (QED) is 0.921. The summed E-state index contributed by atoms with van der Waals surface area (Å²) in [5.41, 5.74) is -0.898. The average Bonchev–Trinajstić information content (AvgIpc) is 2.85. The molecule has 20 heavy (non-hydrogen) atoms. The van der Waals surface area contributed by atoms with E-state index >= 15 is 0 Å². The molecule has 0 bridgehead atoms. The third kappa shape index (κ3) is 3.42. The zero-order chi connectivity index (χ0) is 14.8. The second-order valence-electron chi connectivity index (χ2n) is 4.76. The van der Waals surface area contributed by atoms with Crippen LogP contribution in [0.5, 0.6) is 5.75 Å². The van der Waals surface area contributed by atoms with E-state index in [-0.39, 0.29) is 0 Å². The Labute approximate surface area is 127 Å². The van der Waals surface area contributed by atoms with Gasteiger partial charge >= 0.3 is 0 Å². The van der Waals surface area contributed by atoms with Gasteiger partial charge in [0.1, 0.15) is 18.4 Å². The van der Waals surface area contributed by atoms with Crippen molar-refractivity contribution in [2.75, 3.05) is 0 Å². The first-order chi connectivity index (χ1) is 9.40. The van der Waals surface area contributed by atoms with Gasteiger partial charge in [-0.15, -0.1) is 0 Å². The van der Waals surface area contributed by atoms with Crippen LogP contribution in [0.15, 0.2) is 30.9 Å². The summed E-state index contributed by atoms with van der Waals surface area (Å²) >= 11 is 12.0. The third-order valence-electron chi connectivity index (χ3n) is 3.06. The van der Waals surface area contributed by atoms with Crippen molar-refractivity contribution in [2.45, 2.75) is 32.1 Å². The summed E-state index contributed by atoms with van der Waals surface area (Å²) in [5.74, 6) is 0.458. The molecule has 0 aliphatic heterocycles. The number of rotatable bonds is 5. The van der Waals surface area contributed by atoms with Crippen molar-refractivity contribution in [2.24, 2.45) is 0 Å². The van der Waals surface area contributed by atoms with Gasteiger partial charge in [-0.3, -0.25) is 0 Å². The highest BCUT2D eigenvalue weighted by Crippen LogP contribution is 2.32. The summed E-state index contributed by atoms with van der Waals surface area (Å²) in [4.78, 5) is 3.87. The highest BCUT2D eigenvalue weighted by atomic mass is 35.5. The van der Waals surface area contributed by atoms with Gasteiger partial charge in [-0.25, -0.2) is 9.67 Å². The fraction of sp³-hybridized carbons (Fsp3) is 0.385. The normalized spacial score (nSPS) is 15.7. The Morgan fingerprint density at radius 3 is 2.75 bits per heavy atom. The van der Waals surface area contributed by atoms with Crippen LogP contribution in [-0.4, -0.2) is 31.6 Å². The highest BCUT2D eigenvalue weighted by Gasteiger charge is 2.34. The molecule has 0 radical (unpaired) electrons. The molecule has 0 spiro atoms. The molecule has 0 aliphatic rings. The van der Waals surface area contributed by atoms with Gasteiger partial charge in [0.25, 0.3) is 0 Å². The molecule has 2 atom stereocenters. The minimum absolute atomic E-state index is 0.337. The molecule has 7 heteroatoms. The van der Waals surface area contributed by atoms with E-state index in [0.29, 0.717) is 22.3 Å². The Bertz CT molecular complexity index is 575. The van der Waals surface area contributed by atoms with Gasteiger partial charge in [-0.05, 0) is 32.0 Å². The summed E-state index contributed by atoms with van der Waals surface area (Å²) in [7, 11) is 0. The van der Waals surface area contributed by atoms with Gasteiger partial charge in [0.05, 0.1) is 17.7 Å². The SMILES string of the molecule is CC(O)C(C)(Cn1cncn1)Oc1ccc(Cl)cc1Cl. The Balaban J connectivity index is 2.24. The van der Waals surface area contributed by atoms with Crippen molar-refractivity contribution in [3.8, 4) is 5.75 Å². The Kier molecular flexibility index (Phi) is 4.52. The number of aliphatic hydroxyl groups excluding tert-OH is 1. The van der Waals surface area contributed by atoms with E-state index < -0.39 is 11.7 Å². The van der Waals surface area contributed by atoms with Crippen molar-refractivity contribution in [3.05, 3.63) is 40.9 Å². The van der Waals surface area contributed by atoms with Crippen LogP contribution in [0.3, 0.4) is 0 Å². The number of aliphatic hydroxyl groups is 1. The lowest BCUT2D eigenvalue weighted by atomic mass is 10.00. The molecule has 1 aromatic carbocycles. The maximum absolute atomic E-state index is 10.0. The maximum Gasteiger partial charge on any atom is 0.151 e. The van der Waals surface area contributed by atoms with Crippen LogP contribution in [-0.2, 0) is 6.54 Å². The largest absolute Gasteiger partial charge is 0.481 e. The molecule has 0 fully saturated rings. The lowest BCUT2D eigenvalue weighted by molar-refractivity contribution is -0.0450. The predicted molar refractivity (Wildman–Crippen MR) is 77.2 cm³/mol. The van der Waals surface area contributed by atoms with Gasteiger partial charge in [0, 0.05) is 5.02 Å². The molecule has 5 nitrogen and oxygen atoms in total. The Morgan fingerprint density at radius 2 is 2.20 bits per heavy atom. The van der Waals surface area contributed by atoms with Gasteiger partial charge < -0.3 is 9.84 Å². The monoisotopic (exact) mass is 315 g/mol. The van der Waals surface area contributed by atoms with Crippen LogP contribution < -0.4 is 4.74 Å². The minimum atomic E-state index is -0.898. The summed E-state index contributed by atoms with van der Waals surface area (Å²) in [6, 6.07) is 4.95. The van der Waals surface area contributed by atoms with Crippen molar-refractivity contribution in [1.29, 1.82) is 0 Å². The molecule has 0 amide bonds. The van der Waals surface area contributed by atoms with E-state index in [0.717, 1.165) is 0 Å². The first kappa shape index (κ1) is 15.1. The van der Waals surface area contributed by atoms with Crippen molar-refractivity contribution < 1.29 is 9.84 Å². The van der Waals surface area contributed by atoms with Crippen molar-refractivity contribution >= 4 is 23.2 Å².